The van der Waals surface area contributed by atoms with Crippen molar-refractivity contribution in [2.75, 3.05) is 19.3 Å². The van der Waals surface area contributed by atoms with Gasteiger partial charge >= 0.3 is 0 Å². The molecule has 0 N–H and O–H groups in total. The average molecular weight is 433 g/mol. The zero-order chi connectivity index (χ0) is 22.0. The van der Waals surface area contributed by atoms with Crippen molar-refractivity contribution in [3.8, 4) is 11.8 Å². The number of amides is 1. The lowest BCUT2D eigenvalue weighted by Gasteiger charge is -2.15. The number of fused-ring (bicyclic) bond motifs is 3. The Labute approximate surface area is 182 Å². The third kappa shape index (κ3) is 3.90. The molecule has 4 rings (SSSR count). The van der Waals surface area contributed by atoms with Crippen molar-refractivity contribution in [1.82, 2.24) is 24.1 Å². The van der Waals surface area contributed by atoms with E-state index in [1.54, 1.807) is 17.7 Å². The molecule has 0 aliphatic rings. The van der Waals surface area contributed by atoms with Crippen LogP contribution < -0.4 is 5.56 Å². The van der Waals surface area contributed by atoms with Gasteiger partial charge in [-0.3, -0.25) is 14.0 Å². The van der Waals surface area contributed by atoms with E-state index < -0.39 is 0 Å². The standard InChI is InChI=1S/C22H20N6O2S/c1-15-8-10-16(11-9-15)27-20(30)17-6-3-4-7-18(17)28-21(27)24-25-22(28)31-14-19(29)26(2)13-5-12-23/h3-4,6-11H,5,13-14H2,1-2H3. The number of carbonyl (C=O) groups excluding carboxylic acids is 1. The lowest BCUT2D eigenvalue weighted by molar-refractivity contribution is -0.127. The van der Waals surface area contributed by atoms with Gasteiger partial charge in [-0.1, -0.05) is 41.6 Å². The molecule has 0 fully saturated rings. The van der Waals surface area contributed by atoms with Crippen molar-refractivity contribution in [3.63, 3.8) is 0 Å². The summed E-state index contributed by atoms with van der Waals surface area (Å²) in [6, 6.07) is 17.0. The number of hydrogen-bond acceptors (Lipinski definition) is 6. The van der Waals surface area contributed by atoms with E-state index in [2.05, 4.69) is 10.2 Å². The lowest BCUT2D eigenvalue weighted by Crippen LogP contribution is -2.29. The summed E-state index contributed by atoms with van der Waals surface area (Å²) in [6.07, 6.45) is 0.286. The molecule has 0 bridgehead atoms. The second-order valence-corrected chi connectivity index (χ2v) is 8.07. The first-order chi connectivity index (χ1) is 15.0. The Bertz CT molecular complexity index is 1370. The molecule has 1 amide bonds. The van der Waals surface area contributed by atoms with Crippen LogP contribution >= 0.6 is 11.8 Å². The molecule has 156 valence electrons. The maximum atomic E-state index is 13.3. The molecule has 31 heavy (non-hydrogen) atoms. The zero-order valence-electron chi connectivity index (χ0n) is 17.1. The Hall–Kier alpha value is -3.64. The highest BCUT2D eigenvalue weighted by Crippen LogP contribution is 2.23. The van der Waals surface area contributed by atoms with Crippen LogP contribution in [0.25, 0.3) is 22.4 Å². The van der Waals surface area contributed by atoms with Crippen LogP contribution in [-0.2, 0) is 4.79 Å². The third-order valence-corrected chi connectivity index (χ3v) is 5.91. The van der Waals surface area contributed by atoms with Crippen LogP contribution in [0.4, 0.5) is 0 Å². The van der Waals surface area contributed by atoms with Crippen LogP contribution in [0.2, 0.25) is 0 Å². The summed E-state index contributed by atoms with van der Waals surface area (Å²) in [5.41, 5.74) is 2.29. The van der Waals surface area contributed by atoms with Gasteiger partial charge in [-0.05, 0) is 31.2 Å². The number of carbonyl (C=O) groups is 1. The summed E-state index contributed by atoms with van der Waals surface area (Å²) < 4.78 is 3.35. The zero-order valence-corrected chi connectivity index (χ0v) is 18.0. The van der Waals surface area contributed by atoms with Crippen LogP contribution in [0.5, 0.6) is 0 Å². The Morgan fingerprint density at radius 1 is 1.16 bits per heavy atom. The largest absolute Gasteiger partial charge is 0.344 e. The Morgan fingerprint density at radius 2 is 1.90 bits per heavy atom. The molecule has 2 heterocycles. The van der Waals surface area contributed by atoms with Gasteiger partial charge in [0.15, 0.2) is 5.16 Å². The van der Waals surface area contributed by atoms with Crippen molar-refractivity contribution in [2.24, 2.45) is 0 Å². The van der Waals surface area contributed by atoms with E-state index in [9.17, 15) is 9.59 Å². The molecular weight excluding hydrogens is 412 g/mol. The van der Waals surface area contributed by atoms with Gasteiger partial charge in [-0.25, -0.2) is 4.57 Å². The number of nitrogens with zero attached hydrogens (tertiary/aromatic N) is 6. The van der Waals surface area contributed by atoms with Gasteiger partial charge in [-0.2, -0.15) is 5.26 Å². The fourth-order valence-electron chi connectivity index (χ4n) is 3.28. The molecule has 0 atom stereocenters. The van der Waals surface area contributed by atoms with E-state index in [1.165, 1.54) is 16.7 Å². The van der Waals surface area contributed by atoms with E-state index in [1.807, 2.05) is 59.9 Å². The molecule has 0 spiro atoms. The van der Waals surface area contributed by atoms with Gasteiger partial charge < -0.3 is 4.90 Å². The number of nitriles is 1. The highest BCUT2D eigenvalue weighted by atomic mass is 32.2. The predicted octanol–water partition coefficient (Wildman–Crippen LogP) is 2.81. The van der Waals surface area contributed by atoms with Crippen molar-refractivity contribution in [3.05, 3.63) is 64.4 Å². The molecule has 0 radical (unpaired) electrons. The number of para-hydroxylation sites is 1. The monoisotopic (exact) mass is 432 g/mol. The minimum Gasteiger partial charge on any atom is -0.344 e. The number of aryl methyl sites for hydroxylation is 1. The van der Waals surface area contributed by atoms with E-state index >= 15 is 0 Å². The molecule has 9 heteroatoms. The van der Waals surface area contributed by atoms with E-state index in [-0.39, 0.29) is 23.6 Å². The normalized spacial score (nSPS) is 11.0. The molecule has 2 aromatic carbocycles. The first-order valence-electron chi connectivity index (χ1n) is 9.71. The van der Waals surface area contributed by atoms with Crippen LogP contribution in [-0.4, -0.2) is 49.3 Å². The van der Waals surface area contributed by atoms with E-state index in [0.717, 1.165) is 5.56 Å². The Kier molecular flexibility index (Phi) is 5.73. The summed E-state index contributed by atoms with van der Waals surface area (Å²) in [6.45, 7) is 2.37. The Balaban J connectivity index is 1.81. The maximum absolute atomic E-state index is 13.3. The molecular formula is C22H20N6O2S. The average Bonchev–Trinajstić information content (AvgIpc) is 3.21. The molecule has 4 aromatic rings. The number of rotatable bonds is 6. The van der Waals surface area contributed by atoms with Gasteiger partial charge in [0.1, 0.15) is 0 Å². The summed E-state index contributed by atoms with van der Waals surface area (Å²) >= 11 is 1.25. The van der Waals surface area contributed by atoms with Crippen molar-refractivity contribution < 1.29 is 4.79 Å². The minimum atomic E-state index is -0.178. The Morgan fingerprint density at radius 3 is 2.65 bits per heavy atom. The smallest absolute Gasteiger partial charge is 0.267 e. The minimum absolute atomic E-state index is 0.104. The molecule has 8 nitrogen and oxygen atoms in total. The topological polar surface area (TPSA) is 96.3 Å². The third-order valence-electron chi connectivity index (χ3n) is 5.00. The summed E-state index contributed by atoms with van der Waals surface area (Å²) in [7, 11) is 1.67. The van der Waals surface area contributed by atoms with Crippen molar-refractivity contribution in [1.29, 1.82) is 5.26 Å². The number of hydrogen-bond donors (Lipinski definition) is 0. The first kappa shape index (κ1) is 20.6. The second kappa shape index (κ2) is 8.62. The highest BCUT2D eigenvalue weighted by Gasteiger charge is 2.19. The molecule has 0 saturated carbocycles. The molecule has 0 aliphatic carbocycles. The fraction of sp³-hybridized carbons (Fsp3) is 0.227. The summed E-state index contributed by atoms with van der Waals surface area (Å²) in [5.74, 6) is 0.439. The summed E-state index contributed by atoms with van der Waals surface area (Å²) in [4.78, 5) is 27.2. The second-order valence-electron chi connectivity index (χ2n) is 7.12. The quantitative estimate of drug-likeness (QED) is 0.435. The predicted molar refractivity (Wildman–Crippen MR) is 119 cm³/mol. The van der Waals surface area contributed by atoms with Crippen molar-refractivity contribution >= 4 is 34.3 Å². The number of aromatic nitrogens is 4. The lowest BCUT2D eigenvalue weighted by atomic mass is 10.2. The van der Waals surface area contributed by atoms with Crippen LogP contribution in [0.15, 0.2) is 58.5 Å². The number of benzene rings is 2. The number of thioether (sulfide) groups is 1. The van der Waals surface area contributed by atoms with Gasteiger partial charge in [0.05, 0.1) is 34.8 Å². The van der Waals surface area contributed by atoms with Crippen LogP contribution in [0.1, 0.15) is 12.0 Å². The van der Waals surface area contributed by atoms with Crippen LogP contribution in [0, 0.1) is 18.3 Å². The molecule has 2 aromatic heterocycles. The fourth-order valence-corrected chi connectivity index (χ4v) is 4.16. The maximum Gasteiger partial charge on any atom is 0.267 e. The molecule has 0 unspecified atom stereocenters. The van der Waals surface area contributed by atoms with E-state index in [0.29, 0.717) is 34.1 Å². The van der Waals surface area contributed by atoms with Crippen molar-refractivity contribution in [2.45, 2.75) is 18.5 Å². The molecule has 0 aliphatic heterocycles. The first-order valence-corrected chi connectivity index (χ1v) is 10.7. The highest BCUT2D eigenvalue weighted by molar-refractivity contribution is 7.99. The van der Waals surface area contributed by atoms with E-state index in [4.69, 9.17) is 5.26 Å². The SMILES string of the molecule is Cc1ccc(-n2c(=O)c3ccccc3n3c(SCC(=O)N(C)CCC#N)nnc23)cc1. The summed E-state index contributed by atoms with van der Waals surface area (Å²) in [5, 5.41) is 18.3. The van der Waals surface area contributed by atoms with Gasteiger partial charge in [0, 0.05) is 13.6 Å². The van der Waals surface area contributed by atoms with Crippen LogP contribution in [0.3, 0.4) is 0 Å². The van der Waals surface area contributed by atoms with Gasteiger partial charge in [-0.15, -0.1) is 10.2 Å². The van der Waals surface area contributed by atoms with Gasteiger partial charge in [0.25, 0.3) is 5.56 Å². The van der Waals surface area contributed by atoms with Gasteiger partial charge in [0.2, 0.25) is 11.7 Å². The molecule has 0 saturated heterocycles.